The van der Waals surface area contributed by atoms with Crippen LogP contribution in [0.3, 0.4) is 0 Å². The summed E-state index contributed by atoms with van der Waals surface area (Å²) in [7, 11) is 0. The topological polar surface area (TPSA) is 114 Å². The van der Waals surface area contributed by atoms with Crippen molar-refractivity contribution in [3.05, 3.63) is 46.1 Å². The van der Waals surface area contributed by atoms with Gasteiger partial charge in [0.1, 0.15) is 5.82 Å². The van der Waals surface area contributed by atoms with E-state index in [-0.39, 0.29) is 17.9 Å². The quantitative estimate of drug-likeness (QED) is 0.696. The van der Waals surface area contributed by atoms with Crippen LogP contribution in [-0.2, 0) is 11.2 Å². The van der Waals surface area contributed by atoms with E-state index in [1.807, 2.05) is 13.0 Å². The Morgan fingerprint density at radius 1 is 1.42 bits per heavy atom. The van der Waals surface area contributed by atoms with Gasteiger partial charge in [-0.05, 0) is 38.3 Å². The van der Waals surface area contributed by atoms with Gasteiger partial charge in [0.15, 0.2) is 0 Å². The highest BCUT2D eigenvalue weighted by atomic mass is 16.2. The van der Waals surface area contributed by atoms with Gasteiger partial charge in [0.25, 0.3) is 5.56 Å². The molecule has 0 saturated carbocycles. The number of rotatable bonds is 7. The minimum absolute atomic E-state index is 0.0326. The molecule has 1 amide bonds. The third kappa shape index (κ3) is 4.98. The van der Waals surface area contributed by atoms with Crippen molar-refractivity contribution in [1.29, 1.82) is 0 Å². The lowest BCUT2D eigenvalue weighted by Gasteiger charge is -2.31. The minimum Gasteiger partial charge on any atom is -0.349 e. The maximum absolute atomic E-state index is 12.5. The van der Waals surface area contributed by atoms with Crippen LogP contribution in [0.25, 0.3) is 11.4 Å². The predicted octanol–water partition coefficient (Wildman–Crippen LogP) is 1.56. The molecule has 2 aromatic rings. The first-order valence-electron chi connectivity index (χ1n) is 8.75. The summed E-state index contributed by atoms with van der Waals surface area (Å²) in [5, 5.41) is 2.97. The number of carbonyl (C=O) groups is 1. The van der Waals surface area contributed by atoms with E-state index in [0.29, 0.717) is 29.5 Å². The first-order valence-corrected chi connectivity index (χ1v) is 8.75. The van der Waals surface area contributed by atoms with Gasteiger partial charge in [-0.3, -0.25) is 14.6 Å². The zero-order chi connectivity index (χ0) is 19.3. The van der Waals surface area contributed by atoms with Crippen LogP contribution in [0, 0.1) is 12.8 Å². The molecule has 4 N–H and O–H groups in total. The van der Waals surface area contributed by atoms with Crippen LogP contribution in [0.4, 0.5) is 0 Å². The summed E-state index contributed by atoms with van der Waals surface area (Å²) in [5.74, 6) is 0.605. The second-order valence-electron chi connectivity index (χ2n) is 7.31. The highest BCUT2D eigenvalue weighted by molar-refractivity contribution is 5.79. The predicted molar refractivity (Wildman–Crippen MR) is 102 cm³/mol. The number of amides is 1. The lowest BCUT2D eigenvalue weighted by Crippen LogP contribution is -2.52. The summed E-state index contributed by atoms with van der Waals surface area (Å²) in [5.41, 5.74) is 6.64. The number of nitrogens with one attached hydrogen (secondary N) is 2. The average molecular weight is 357 g/mol. The number of nitrogens with two attached hydrogens (primary N) is 1. The van der Waals surface area contributed by atoms with E-state index < -0.39 is 5.54 Å². The van der Waals surface area contributed by atoms with Crippen LogP contribution >= 0.6 is 0 Å². The number of pyridine rings is 1. The third-order valence-electron chi connectivity index (χ3n) is 4.25. The Kier molecular flexibility index (Phi) is 6.26. The van der Waals surface area contributed by atoms with Gasteiger partial charge in [-0.1, -0.05) is 13.8 Å². The lowest BCUT2D eigenvalue weighted by molar-refractivity contribution is -0.122. The number of hydrogen-bond acceptors (Lipinski definition) is 5. The zero-order valence-corrected chi connectivity index (χ0v) is 15.8. The molecule has 0 aliphatic carbocycles. The van der Waals surface area contributed by atoms with E-state index >= 15 is 0 Å². The molecular weight excluding hydrogens is 330 g/mol. The molecule has 0 spiro atoms. The molecule has 0 saturated heterocycles. The smallest absolute Gasteiger partial charge is 0.255 e. The van der Waals surface area contributed by atoms with E-state index in [0.717, 1.165) is 12.0 Å². The Morgan fingerprint density at radius 2 is 2.15 bits per heavy atom. The fraction of sp³-hybridized carbons (Fsp3) is 0.474. The van der Waals surface area contributed by atoms with Crippen molar-refractivity contribution in [2.45, 2.75) is 46.1 Å². The largest absolute Gasteiger partial charge is 0.349 e. The number of aromatic nitrogens is 3. The molecule has 2 rings (SSSR count). The van der Waals surface area contributed by atoms with Gasteiger partial charge in [-0.15, -0.1) is 0 Å². The van der Waals surface area contributed by atoms with Crippen molar-refractivity contribution in [2.75, 3.05) is 6.54 Å². The Labute approximate surface area is 153 Å². The number of aryl methyl sites for hydroxylation is 1. The van der Waals surface area contributed by atoms with E-state index in [2.05, 4.69) is 34.1 Å². The van der Waals surface area contributed by atoms with E-state index in [1.165, 1.54) is 0 Å². The summed E-state index contributed by atoms with van der Waals surface area (Å²) in [6.45, 7) is 8.15. The molecule has 1 atom stereocenters. The Morgan fingerprint density at radius 3 is 2.69 bits per heavy atom. The van der Waals surface area contributed by atoms with Crippen LogP contribution < -0.4 is 16.6 Å². The van der Waals surface area contributed by atoms with Gasteiger partial charge in [-0.2, -0.15) is 0 Å². The minimum atomic E-state index is -0.491. The normalized spacial score (nSPS) is 13.5. The molecule has 1 unspecified atom stereocenters. The standard InChI is InChI=1S/C19H27N5O2/c1-12(2)9-19(4,11-20)24-16(25)8-15-13(3)22-17(23-18(15)26)14-6-5-7-21-10-14/h5-7,10,12H,8-9,11,20H2,1-4H3,(H,24,25)(H,22,23,26). The molecule has 2 heterocycles. The molecule has 7 nitrogen and oxygen atoms in total. The molecule has 0 aromatic carbocycles. The highest BCUT2D eigenvalue weighted by Crippen LogP contribution is 2.16. The number of hydrogen-bond donors (Lipinski definition) is 3. The van der Waals surface area contributed by atoms with Gasteiger partial charge < -0.3 is 16.0 Å². The second-order valence-corrected chi connectivity index (χ2v) is 7.31. The third-order valence-corrected chi connectivity index (χ3v) is 4.25. The number of aromatic amines is 1. The van der Waals surface area contributed by atoms with Gasteiger partial charge in [0.05, 0.1) is 6.42 Å². The first kappa shape index (κ1) is 19.8. The van der Waals surface area contributed by atoms with Crippen LogP contribution in [0.1, 0.15) is 38.4 Å². The Balaban J connectivity index is 2.19. The van der Waals surface area contributed by atoms with Crippen molar-refractivity contribution >= 4 is 5.91 Å². The van der Waals surface area contributed by atoms with Crippen LogP contribution in [0.15, 0.2) is 29.3 Å². The maximum Gasteiger partial charge on any atom is 0.255 e. The molecule has 2 aromatic heterocycles. The lowest BCUT2D eigenvalue weighted by atomic mass is 9.90. The monoisotopic (exact) mass is 357 g/mol. The van der Waals surface area contributed by atoms with Gasteiger partial charge in [0, 0.05) is 41.3 Å². The van der Waals surface area contributed by atoms with Crippen molar-refractivity contribution in [3.63, 3.8) is 0 Å². The van der Waals surface area contributed by atoms with E-state index in [4.69, 9.17) is 5.73 Å². The number of H-pyrrole nitrogens is 1. The average Bonchev–Trinajstić information content (AvgIpc) is 2.58. The van der Waals surface area contributed by atoms with Crippen molar-refractivity contribution in [1.82, 2.24) is 20.3 Å². The summed E-state index contributed by atoms with van der Waals surface area (Å²) in [6, 6.07) is 3.59. The van der Waals surface area contributed by atoms with E-state index in [9.17, 15) is 9.59 Å². The Hall–Kier alpha value is -2.54. The summed E-state index contributed by atoms with van der Waals surface area (Å²) >= 11 is 0. The van der Waals surface area contributed by atoms with Crippen LogP contribution in [-0.4, -0.2) is 32.9 Å². The van der Waals surface area contributed by atoms with E-state index in [1.54, 1.807) is 25.4 Å². The van der Waals surface area contributed by atoms with Crippen LogP contribution in [0.5, 0.6) is 0 Å². The molecule has 26 heavy (non-hydrogen) atoms. The SMILES string of the molecule is Cc1nc(-c2cccnc2)[nH]c(=O)c1CC(=O)NC(C)(CN)CC(C)C. The molecule has 0 fully saturated rings. The van der Waals surface area contributed by atoms with Gasteiger partial charge in [-0.25, -0.2) is 4.98 Å². The number of nitrogens with zero attached hydrogens (tertiary/aromatic N) is 2. The Bertz CT molecular complexity index is 816. The van der Waals surface area contributed by atoms with Crippen molar-refractivity contribution in [2.24, 2.45) is 11.7 Å². The molecule has 0 aliphatic heterocycles. The summed E-state index contributed by atoms with van der Waals surface area (Å²) in [6.07, 6.45) is 4.01. The maximum atomic E-state index is 12.5. The van der Waals surface area contributed by atoms with Gasteiger partial charge in [0.2, 0.25) is 5.91 Å². The second kappa shape index (κ2) is 8.23. The van der Waals surface area contributed by atoms with Crippen LogP contribution in [0.2, 0.25) is 0 Å². The van der Waals surface area contributed by atoms with Crippen molar-refractivity contribution < 1.29 is 4.79 Å². The first-order chi connectivity index (χ1) is 12.2. The van der Waals surface area contributed by atoms with Gasteiger partial charge >= 0.3 is 0 Å². The molecular formula is C19H27N5O2. The zero-order valence-electron chi connectivity index (χ0n) is 15.8. The molecule has 0 bridgehead atoms. The fourth-order valence-corrected chi connectivity index (χ4v) is 3.09. The number of carbonyl (C=O) groups excluding carboxylic acids is 1. The summed E-state index contributed by atoms with van der Waals surface area (Å²) in [4.78, 5) is 36.1. The molecule has 7 heteroatoms. The summed E-state index contributed by atoms with van der Waals surface area (Å²) < 4.78 is 0. The molecule has 140 valence electrons. The van der Waals surface area contributed by atoms with Crippen molar-refractivity contribution in [3.8, 4) is 11.4 Å². The molecule has 0 aliphatic rings. The fourth-order valence-electron chi connectivity index (χ4n) is 3.09. The highest BCUT2D eigenvalue weighted by Gasteiger charge is 2.26. The molecule has 0 radical (unpaired) electrons.